The summed E-state index contributed by atoms with van der Waals surface area (Å²) in [6.07, 6.45) is 0. The number of methoxy groups -OCH3 is 1. The lowest BCUT2D eigenvalue weighted by molar-refractivity contribution is -0.115. The van der Waals surface area contributed by atoms with Crippen molar-refractivity contribution < 1.29 is 19.0 Å². The van der Waals surface area contributed by atoms with Gasteiger partial charge in [0.15, 0.2) is 11.5 Å². The van der Waals surface area contributed by atoms with Gasteiger partial charge in [0.1, 0.15) is 5.75 Å². The fourth-order valence-electron chi connectivity index (χ4n) is 2.50. The quantitative estimate of drug-likeness (QED) is 0.768. The third-order valence-electron chi connectivity index (χ3n) is 3.90. The normalized spacial score (nSPS) is 13.4. The number of anilines is 1. The molecule has 0 bridgehead atoms. The van der Waals surface area contributed by atoms with Crippen molar-refractivity contribution in [2.24, 2.45) is 0 Å². The Morgan fingerprint density at radius 2 is 2.04 bits per heavy atom. The highest BCUT2D eigenvalue weighted by atomic mass is 79.9. The van der Waals surface area contributed by atoms with Crippen LogP contribution in [-0.4, -0.2) is 26.4 Å². The van der Waals surface area contributed by atoms with Crippen LogP contribution in [0.1, 0.15) is 18.5 Å². The smallest absolute Gasteiger partial charge is 0.238 e. The van der Waals surface area contributed by atoms with E-state index in [0.29, 0.717) is 17.2 Å². The first kappa shape index (κ1) is 17.6. The van der Waals surface area contributed by atoms with E-state index in [-0.39, 0.29) is 25.3 Å². The molecule has 1 amide bonds. The lowest BCUT2D eigenvalue weighted by Gasteiger charge is -2.15. The number of hydrogen-bond acceptors (Lipinski definition) is 5. The van der Waals surface area contributed by atoms with E-state index in [4.69, 9.17) is 14.2 Å². The second-order valence-corrected chi connectivity index (χ2v) is 6.47. The minimum atomic E-state index is -0.127. The molecule has 1 aliphatic rings. The Kier molecular flexibility index (Phi) is 5.45. The Bertz CT molecular complexity index is 782. The number of ether oxygens (including phenoxy) is 3. The van der Waals surface area contributed by atoms with Crippen LogP contribution in [-0.2, 0) is 4.79 Å². The fraction of sp³-hybridized carbons (Fsp3) is 0.278. The van der Waals surface area contributed by atoms with Gasteiger partial charge < -0.3 is 24.8 Å². The third kappa shape index (κ3) is 4.24. The zero-order chi connectivity index (χ0) is 17.8. The van der Waals surface area contributed by atoms with Crippen molar-refractivity contribution in [2.75, 3.05) is 25.8 Å². The maximum Gasteiger partial charge on any atom is 0.238 e. The van der Waals surface area contributed by atoms with Crippen molar-refractivity contribution in [3.8, 4) is 17.2 Å². The van der Waals surface area contributed by atoms with Crippen LogP contribution in [0.25, 0.3) is 0 Å². The van der Waals surface area contributed by atoms with Gasteiger partial charge in [-0.15, -0.1) is 0 Å². The number of carbonyl (C=O) groups excluding carboxylic acids is 1. The van der Waals surface area contributed by atoms with Crippen molar-refractivity contribution in [3.63, 3.8) is 0 Å². The number of nitrogens with one attached hydrogen (secondary N) is 2. The van der Waals surface area contributed by atoms with Crippen molar-refractivity contribution in [1.29, 1.82) is 0 Å². The highest BCUT2D eigenvalue weighted by Crippen LogP contribution is 2.34. The van der Waals surface area contributed by atoms with E-state index in [1.807, 2.05) is 25.1 Å². The van der Waals surface area contributed by atoms with E-state index in [2.05, 4.69) is 26.6 Å². The maximum absolute atomic E-state index is 12.1. The molecule has 0 fully saturated rings. The molecule has 132 valence electrons. The largest absolute Gasteiger partial charge is 0.496 e. The van der Waals surface area contributed by atoms with Crippen LogP contribution < -0.4 is 24.8 Å². The van der Waals surface area contributed by atoms with Crippen LogP contribution in [0.5, 0.6) is 17.2 Å². The first-order valence-corrected chi connectivity index (χ1v) is 8.62. The number of rotatable bonds is 6. The molecule has 0 unspecified atom stereocenters. The minimum Gasteiger partial charge on any atom is -0.496 e. The van der Waals surface area contributed by atoms with Crippen LogP contribution in [0.3, 0.4) is 0 Å². The van der Waals surface area contributed by atoms with Gasteiger partial charge in [-0.1, -0.05) is 6.07 Å². The summed E-state index contributed by atoms with van der Waals surface area (Å²) in [6, 6.07) is 11.2. The average Bonchev–Trinajstić information content (AvgIpc) is 3.07. The van der Waals surface area contributed by atoms with E-state index in [1.54, 1.807) is 25.3 Å². The Balaban J connectivity index is 1.54. The minimum absolute atomic E-state index is 0.0183. The van der Waals surface area contributed by atoms with Gasteiger partial charge in [0, 0.05) is 17.8 Å². The molecule has 0 aromatic heterocycles. The molecule has 2 aromatic carbocycles. The molecule has 3 rings (SSSR count). The molecule has 0 spiro atoms. The Morgan fingerprint density at radius 1 is 1.24 bits per heavy atom. The summed E-state index contributed by atoms with van der Waals surface area (Å²) in [5.41, 5.74) is 1.74. The number of halogens is 1. The summed E-state index contributed by atoms with van der Waals surface area (Å²) in [7, 11) is 1.63. The number of amides is 1. The lowest BCUT2D eigenvalue weighted by atomic mass is 10.1. The molecule has 1 heterocycles. The predicted molar refractivity (Wildman–Crippen MR) is 98.3 cm³/mol. The topological polar surface area (TPSA) is 68.8 Å². The predicted octanol–water partition coefficient (Wildman–Crippen LogP) is 3.48. The number of carbonyl (C=O) groups is 1. The highest BCUT2D eigenvalue weighted by Gasteiger charge is 2.15. The van der Waals surface area contributed by atoms with E-state index in [0.717, 1.165) is 15.8 Å². The summed E-state index contributed by atoms with van der Waals surface area (Å²) in [5.74, 6) is 1.98. The number of hydrogen-bond donors (Lipinski definition) is 2. The van der Waals surface area contributed by atoms with Crippen LogP contribution in [0, 0.1) is 0 Å². The highest BCUT2D eigenvalue weighted by molar-refractivity contribution is 9.10. The van der Waals surface area contributed by atoms with Gasteiger partial charge in [-0.05, 0) is 52.7 Å². The standard InChI is InChI=1S/C18H19BrN2O4/c1-11(12-3-5-15(23-2)14(19)7-12)20-9-18(22)21-13-4-6-16-17(8-13)25-10-24-16/h3-8,11,20H,9-10H2,1-2H3,(H,21,22)/t11-/m0/s1. The Morgan fingerprint density at radius 3 is 2.80 bits per heavy atom. The van der Waals surface area contributed by atoms with E-state index in [1.165, 1.54) is 0 Å². The van der Waals surface area contributed by atoms with Crippen LogP contribution >= 0.6 is 15.9 Å². The summed E-state index contributed by atoms with van der Waals surface area (Å²) >= 11 is 3.47. The maximum atomic E-state index is 12.1. The van der Waals surface area contributed by atoms with Gasteiger partial charge >= 0.3 is 0 Å². The molecule has 6 nitrogen and oxygen atoms in total. The summed E-state index contributed by atoms with van der Waals surface area (Å²) in [6.45, 7) is 2.41. The SMILES string of the molecule is COc1ccc([C@H](C)NCC(=O)Nc2ccc3c(c2)OCO3)cc1Br. The van der Waals surface area contributed by atoms with E-state index < -0.39 is 0 Å². The van der Waals surface area contributed by atoms with Crippen LogP contribution in [0.15, 0.2) is 40.9 Å². The first-order valence-electron chi connectivity index (χ1n) is 7.83. The van der Waals surface area contributed by atoms with Crippen molar-refractivity contribution >= 4 is 27.5 Å². The first-order chi connectivity index (χ1) is 12.1. The third-order valence-corrected chi connectivity index (χ3v) is 4.52. The lowest BCUT2D eigenvalue weighted by Crippen LogP contribution is -2.30. The summed E-state index contributed by atoms with van der Waals surface area (Å²) in [4.78, 5) is 12.1. The van der Waals surface area contributed by atoms with Gasteiger partial charge in [-0.25, -0.2) is 0 Å². The number of benzene rings is 2. The molecule has 7 heteroatoms. The molecule has 0 aliphatic carbocycles. The van der Waals surface area contributed by atoms with Gasteiger partial charge in [0.25, 0.3) is 0 Å². The zero-order valence-electron chi connectivity index (χ0n) is 14.0. The average molecular weight is 407 g/mol. The van der Waals surface area contributed by atoms with Crippen LogP contribution in [0.4, 0.5) is 5.69 Å². The molecule has 2 aromatic rings. The summed E-state index contributed by atoms with van der Waals surface area (Å²) < 4.78 is 16.7. The molecule has 25 heavy (non-hydrogen) atoms. The molecule has 2 N–H and O–H groups in total. The Hall–Kier alpha value is -2.25. The van der Waals surface area contributed by atoms with Crippen molar-refractivity contribution in [1.82, 2.24) is 5.32 Å². The molecule has 1 atom stereocenters. The van der Waals surface area contributed by atoms with E-state index >= 15 is 0 Å². The molecule has 1 aliphatic heterocycles. The molecule has 0 saturated carbocycles. The Labute approximate surface area is 154 Å². The zero-order valence-corrected chi connectivity index (χ0v) is 15.6. The van der Waals surface area contributed by atoms with Gasteiger partial charge in [0.2, 0.25) is 12.7 Å². The van der Waals surface area contributed by atoms with Crippen molar-refractivity contribution in [2.45, 2.75) is 13.0 Å². The second-order valence-electron chi connectivity index (χ2n) is 5.61. The second kappa shape index (κ2) is 7.76. The van der Waals surface area contributed by atoms with E-state index in [9.17, 15) is 4.79 Å². The number of fused-ring (bicyclic) bond motifs is 1. The molecular formula is C18H19BrN2O4. The molecule has 0 saturated heterocycles. The molecule has 0 radical (unpaired) electrons. The van der Waals surface area contributed by atoms with Crippen LogP contribution in [0.2, 0.25) is 0 Å². The summed E-state index contributed by atoms with van der Waals surface area (Å²) in [5, 5.41) is 6.05. The van der Waals surface area contributed by atoms with Gasteiger partial charge in [-0.3, -0.25) is 4.79 Å². The van der Waals surface area contributed by atoms with Gasteiger partial charge in [-0.2, -0.15) is 0 Å². The fourth-order valence-corrected chi connectivity index (χ4v) is 3.05. The monoisotopic (exact) mass is 406 g/mol. The van der Waals surface area contributed by atoms with Crippen molar-refractivity contribution in [3.05, 3.63) is 46.4 Å². The van der Waals surface area contributed by atoms with Gasteiger partial charge in [0.05, 0.1) is 18.1 Å². The molecular weight excluding hydrogens is 388 g/mol.